The minimum absolute atomic E-state index is 0.00898. The summed E-state index contributed by atoms with van der Waals surface area (Å²) >= 11 is 0. The first-order valence-electron chi connectivity index (χ1n) is 6.96. The molecule has 0 fully saturated rings. The fourth-order valence-corrected chi connectivity index (χ4v) is 2.15. The zero-order chi connectivity index (χ0) is 16.3. The van der Waals surface area contributed by atoms with Gasteiger partial charge in [0.15, 0.2) is 0 Å². The maximum Gasteiger partial charge on any atom is 0.230 e. The highest BCUT2D eigenvalue weighted by atomic mass is 16.3. The molecule has 1 aliphatic rings. The molecule has 6 nitrogen and oxygen atoms in total. The standard InChI is InChI=1S/C16H19NO5/c1-9-13(19)5-3-2-4-6-14(20)11-7-10(18)8-12(15(11)21)17-16(9)22/h2-5,7-9,13-14,18-21H,6H2,1H3,(H,17,22). The Bertz CT molecular complexity index is 623. The van der Waals surface area contributed by atoms with E-state index in [4.69, 9.17) is 0 Å². The lowest BCUT2D eigenvalue weighted by Gasteiger charge is -2.18. The molecule has 118 valence electrons. The second kappa shape index (κ2) is 6.64. The van der Waals surface area contributed by atoms with Gasteiger partial charge < -0.3 is 25.7 Å². The largest absolute Gasteiger partial charge is 0.508 e. The monoisotopic (exact) mass is 305 g/mol. The summed E-state index contributed by atoms with van der Waals surface area (Å²) in [7, 11) is 0. The van der Waals surface area contributed by atoms with Crippen molar-refractivity contribution in [1.82, 2.24) is 0 Å². The first kappa shape index (κ1) is 16.1. The Morgan fingerprint density at radius 3 is 2.64 bits per heavy atom. The highest BCUT2D eigenvalue weighted by molar-refractivity contribution is 5.94. The van der Waals surface area contributed by atoms with E-state index >= 15 is 0 Å². The van der Waals surface area contributed by atoms with Crippen LogP contribution in [-0.4, -0.2) is 32.4 Å². The van der Waals surface area contributed by atoms with Gasteiger partial charge in [-0.1, -0.05) is 31.2 Å². The van der Waals surface area contributed by atoms with Crippen LogP contribution >= 0.6 is 0 Å². The number of nitrogens with one attached hydrogen (secondary N) is 1. The number of hydrogen-bond acceptors (Lipinski definition) is 5. The fourth-order valence-electron chi connectivity index (χ4n) is 2.15. The number of hydrogen-bond donors (Lipinski definition) is 5. The smallest absolute Gasteiger partial charge is 0.230 e. The summed E-state index contributed by atoms with van der Waals surface area (Å²) in [5.41, 5.74) is 0.113. The van der Waals surface area contributed by atoms with Crippen LogP contribution in [0.2, 0.25) is 0 Å². The third-order valence-corrected chi connectivity index (χ3v) is 3.58. The third-order valence-electron chi connectivity index (χ3n) is 3.58. The minimum Gasteiger partial charge on any atom is -0.508 e. The molecule has 0 radical (unpaired) electrons. The van der Waals surface area contributed by atoms with Crippen LogP contribution in [0.5, 0.6) is 11.5 Å². The molecular formula is C16H19NO5. The van der Waals surface area contributed by atoms with Crippen LogP contribution in [0.25, 0.3) is 0 Å². The average molecular weight is 305 g/mol. The van der Waals surface area contributed by atoms with Gasteiger partial charge >= 0.3 is 0 Å². The molecule has 1 heterocycles. The summed E-state index contributed by atoms with van der Waals surface area (Å²) in [5, 5.41) is 42.4. The number of rotatable bonds is 0. The number of allylic oxidation sites excluding steroid dienone is 2. The van der Waals surface area contributed by atoms with Crippen LogP contribution < -0.4 is 5.32 Å². The second-order valence-corrected chi connectivity index (χ2v) is 5.26. The van der Waals surface area contributed by atoms with Crippen LogP contribution in [-0.2, 0) is 4.79 Å². The summed E-state index contributed by atoms with van der Waals surface area (Å²) in [5.74, 6) is -1.75. The molecule has 0 aliphatic carbocycles. The number of amides is 1. The molecule has 3 unspecified atom stereocenters. The number of carbonyl (C=O) groups excluding carboxylic acids is 1. The maximum absolute atomic E-state index is 12.1. The van der Waals surface area contributed by atoms with Crippen molar-refractivity contribution < 1.29 is 25.2 Å². The number of phenolic OH excluding ortho intramolecular Hbond substituents is 2. The van der Waals surface area contributed by atoms with Crippen molar-refractivity contribution in [3.05, 3.63) is 42.0 Å². The van der Waals surface area contributed by atoms with E-state index in [1.807, 2.05) is 0 Å². The molecule has 1 aliphatic heterocycles. The van der Waals surface area contributed by atoms with Gasteiger partial charge in [-0.2, -0.15) is 0 Å². The van der Waals surface area contributed by atoms with Gasteiger partial charge in [0.25, 0.3) is 0 Å². The maximum atomic E-state index is 12.1. The van der Waals surface area contributed by atoms with Crippen molar-refractivity contribution >= 4 is 11.6 Å². The van der Waals surface area contributed by atoms with E-state index in [9.17, 15) is 25.2 Å². The average Bonchev–Trinajstić information content (AvgIpc) is 2.48. The number of aromatic hydroxyl groups is 2. The highest BCUT2D eigenvalue weighted by Crippen LogP contribution is 2.37. The quantitative estimate of drug-likeness (QED) is 0.369. The lowest BCUT2D eigenvalue weighted by molar-refractivity contribution is -0.121. The summed E-state index contributed by atoms with van der Waals surface area (Å²) in [4.78, 5) is 12.1. The Hall–Kier alpha value is -2.31. The number of aliphatic hydroxyl groups excluding tert-OH is 2. The number of anilines is 1. The number of carbonyl (C=O) groups is 1. The van der Waals surface area contributed by atoms with Gasteiger partial charge in [0.2, 0.25) is 5.91 Å². The zero-order valence-electron chi connectivity index (χ0n) is 12.1. The van der Waals surface area contributed by atoms with Gasteiger partial charge in [0.1, 0.15) is 11.5 Å². The minimum atomic E-state index is -1.03. The number of aliphatic hydroxyl groups is 2. The van der Waals surface area contributed by atoms with Crippen molar-refractivity contribution in [1.29, 1.82) is 0 Å². The van der Waals surface area contributed by atoms with E-state index in [2.05, 4.69) is 5.32 Å². The van der Waals surface area contributed by atoms with Gasteiger partial charge in [0.05, 0.1) is 23.8 Å². The van der Waals surface area contributed by atoms with Crippen molar-refractivity contribution in [3.63, 3.8) is 0 Å². The van der Waals surface area contributed by atoms with E-state index in [0.717, 1.165) is 0 Å². The number of benzene rings is 1. The predicted octanol–water partition coefficient (Wildman–Crippen LogP) is 1.58. The summed E-state index contributed by atoms with van der Waals surface area (Å²) in [6.45, 7) is 1.54. The van der Waals surface area contributed by atoms with Gasteiger partial charge in [-0.15, -0.1) is 0 Å². The summed E-state index contributed by atoms with van der Waals surface area (Å²) in [6.07, 6.45) is 4.54. The highest BCUT2D eigenvalue weighted by Gasteiger charge is 2.23. The lowest BCUT2D eigenvalue weighted by atomic mass is 10.0. The molecule has 0 saturated heterocycles. The van der Waals surface area contributed by atoms with Crippen LogP contribution in [0.15, 0.2) is 36.4 Å². The van der Waals surface area contributed by atoms with Crippen molar-refractivity contribution in [3.8, 4) is 11.5 Å². The van der Waals surface area contributed by atoms with Crippen molar-refractivity contribution in [2.45, 2.75) is 25.6 Å². The van der Waals surface area contributed by atoms with E-state index in [1.54, 1.807) is 25.2 Å². The number of phenols is 2. The molecule has 22 heavy (non-hydrogen) atoms. The molecule has 1 aromatic rings. The normalized spacial score (nSPS) is 25.8. The SMILES string of the molecule is CC1C(=O)Nc2cc(O)cc(c2O)C(O)CC=CC=CC1O. The van der Waals surface area contributed by atoms with Crippen molar-refractivity contribution in [2.75, 3.05) is 5.32 Å². The molecule has 0 spiro atoms. The Balaban J connectivity index is 2.47. The summed E-state index contributed by atoms with van der Waals surface area (Å²) < 4.78 is 0. The molecule has 1 aromatic carbocycles. The molecule has 2 bridgehead atoms. The molecule has 0 aromatic heterocycles. The molecule has 1 amide bonds. The Kier molecular flexibility index (Phi) is 4.85. The van der Waals surface area contributed by atoms with Crippen LogP contribution in [0, 0.1) is 5.92 Å². The van der Waals surface area contributed by atoms with Crippen LogP contribution in [0.4, 0.5) is 5.69 Å². The molecule has 0 saturated carbocycles. The predicted molar refractivity (Wildman–Crippen MR) is 81.4 cm³/mol. The first-order chi connectivity index (χ1) is 10.4. The molecule has 3 atom stereocenters. The molecular weight excluding hydrogens is 286 g/mol. The topological polar surface area (TPSA) is 110 Å². The van der Waals surface area contributed by atoms with E-state index in [0.29, 0.717) is 0 Å². The van der Waals surface area contributed by atoms with Crippen LogP contribution in [0.3, 0.4) is 0 Å². The summed E-state index contributed by atoms with van der Waals surface area (Å²) in [6, 6.07) is 2.44. The second-order valence-electron chi connectivity index (χ2n) is 5.26. The Labute approximate surface area is 128 Å². The van der Waals surface area contributed by atoms with Gasteiger partial charge in [0, 0.05) is 11.6 Å². The van der Waals surface area contributed by atoms with Crippen molar-refractivity contribution in [2.24, 2.45) is 5.92 Å². The lowest BCUT2D eigenvalue weighted by Crippen LogP contribution is -2.29. The molecule has 5 N–H and O–H groups in total. The van der Waals surface area contributed by atoms with Crippen LogP contribution in [0.1, 0.15) is 25.0 Å². The fraction of sp³-hybridized carbons (Fsp3) is 0.312. The molecule has 2 rings (SSSR count). The van der Waals surface area contributed by atoms with E-state index < -0.39 is 24.0 Å². The third kappa shape index (κ3) is 3.47. The molecule has 6 heteroatoms. The first-order valence-corrected chi connectivity index (χ1v) is 6.96. The van der Waals surface area contributed by atoms with E-state index in [-0.39, 0.29) is 29.2 Å². The van der Waals surface area contributed by atoms with Gasteiger partial charge in [-0.3, -0.25) is 4.79 Å². The Morgan fingerprint density at radius 2 is 1.91 bits per heavy atom. The van der Waals surface area contributed by atoms with E-state index in [1.165, 1.54) is 18.2 Å². The Morgan fingerprint density at radius 1 is 1.18 bits per heavy atom. The number of fused-ring (bicyclic) bond motifs is 2. The zero-order valence-corrected chi connectivity index (χ0v) is 12.1. The van der Waals surface area contributed by atoms with Gasteiger partial charge in [-0.05, 0) is 12.5 Å². The van der Waals surface area contributed by atoms with Gasteiger partial charge in [-0.25, -0.2) is 0 Å².